The van der Waals surface area contributed by atoms with Crippen molar-refractivity contribution in [3.63, 3.8) is 0 Å². The Morgan fingerprint density at radius 2 is 2.47 bits per heavy atom. The molecule has 3 unspecified atom stereocenters. The number of H-pyrrole nitrogens is 1. The van der Waals surface area contributed by atoms with E-state index >= 15 is 0 Å². The number of rotatable bonds is 3. The van der Waals surface area contributed by atoms with Crippen LogP contribution in [0.2, 0.25) is 0 Å². The minimum absolute atomic E-state index is 0.121. The molecular formula is C10H19N5. The molecule has 0 saturated heterocycles. The van der Waals surface area contributed by atoms with E-state index in [4.69, 9.17) is 5.84 Å². The third kappa shape index (κ3) is 2.35. The molecule has 84 valence electrons. The highest BCUT2D eigenvalue weighted by molar-refractivity contribution is 4.95. The van der Waals surface area contributed by atoms with Gasteiger partial charge in [-0.2, -0.15) is 5.10 Å². The normalized spacial score (nSPS) is 28.9. The van der Waals surface area contributed by atoms with E-state index < -0.39 is 0 Å². The van der Waals surface area contributed by atoms with Crippen molar-refractivity contribution in [2.24, 2.45) is 17.7 Å². The van der Waals surface area contributed by atoms with Gasteiger partial charge in [-0.3, -0.25) is 10.9 Å². The molecule has 1 aliphatic rings. The van der Waals surface area contributed by atoms with Gasteiger partial charge in [0, 0.05) is 0 Å². The SMILES string of the molecule is CC1CCCC(C(NN)c2ncn[nH]2)C1. The maximum Gasteiger partial charge on any atom is 0.143 e. The van der Waals surface area contributed by atoms with E-state index in [-0.39, 0.29) is 6.04 Å². The summed E-state index contributed by atoms with van der Waals surface area (Å²) < 4.78 is 0. The first-order valence-electron chi connectivity index (χ1n) is 5.62. The van der Waals surface area contributed by atoms with E-state index in [1.54, 1.807) is 0 Å². The summed E-state index contributed by atoms with van der Waals surface area (Å²) in [4.78, 5) is 4.18. The fraction of sp³-hybridized carbons (Fsp3) is 0.800. The van der Waals surface area contributed by atoms with Crippen molar-refractivity contribution >= 4 is 0 Å². The van der Waals surface area contributed by atoms with Crippen LogP contribution in [0.5, 0.6) is 0 Å². The number of nitrogens with two attached hydrogens (primary N) is 1. The number of hydrogen-bond acceptors (Lipinski definition) is 4. The van der Waals surface area contributed by atoms with Crippen LogP contribution in [0.4, 0.5) is 0 Å². The van der Waals surface area contributed by atoms with Crippen LogP contribution in [-0.4, -0.2) is 15.2 Å². The summed E-state index contributed by atoms with van der Waals surface area (Å²) >= 11 is 0. The van der Waals surface area contributed by atoms with Gasteiger partial charge in [0.05, 0.1) is 6.04 Å². The van der Waals surface area contributed by atoms with E-state index in [9.17, 15) is 0 Å². The molecule has 5 heteroatoms. The second-order valence-electron chi connectivity index (χ2n) is 4.55. The van der Waals surface area contributed by atoms with Crippen LogP contribution in [0.3, 0.4) is 0 Å². The van der Waals surface area contributed by atoms with Crippen molar-refractivity contribution in [2.75, 3.05) is 0 Å². The maximum absolute atomic E-state index is 5.60. The number of hydrazine groups is 1. The van der Waals surface area contributed by atoms with Gasteiger partial charge < -0.3 is 0 Å². The summed E-state index contributed by atoms with van der Waals surface area (Å²) in [6.45, 7) is 2.31. The Balaban J connectivity index is 2.06. The van der Waals surface area contributed by atoms with Gasteiger partial charge in [-0.1, -0.05) is 19.8 Å². The molecular weight excluding hydrogens is 190 g/mol. The van der Waals surface area contributed by atoms with Crippen LogP contribution in [0.15, 0.2) is 6.33 Å². The summed E-state index contributed by atoms with van der Waals surface area (Å²) in [7, 11) is 0. The highest BCUT2D eigenvalue weighted by Gasteiger charge is 2.28. The van der Waals surface area contributed by atoms with Crippen molar-refractivity contribution in [2.45, 2.75) is 38.6 Å². The molecule has 0 bridgehead atoms. The molecule has 15 heavy (non-hydrogen) atoms. The molecule has 3 atom stereocenters. The van der Waals surface area contributed by atoms with E-state index in [0.717, 1.165) is 11.7 Å². The van der Waals surface area contributed by atoms with Crippen molar-refractivity contribution in [3.05, 3.63) is 12.2 Å². The Labute approximate surface area is 89.8 Å². The molecule has 0 radical (unpaired) electrons. The van der Waals surface area contributed by atoms with Gasteiger partial charge in [0.2, 0.25) is 0 Å². The summed E-state index contributed by atoms with van der Waals surface area (Å²) in [6.07, 6.45) is 6.60. The van der Waals surface area contributed by atoms with Gasteiger partial charge in [-0.15, -0.1) is 0 Å². The number of nitrogens with one attached hydrogen (secondary N) is 2. The maximum atomic E-state index is 5.60. The molecule has 1 saturated carbocycles. The fourth-order valence-electron chi connectivity index (χ4n) is 2.59. The molecule has 1 heterocycles. The Morgan fingerprint density at radius 3 is 3.07 bits per heavy atom. The van der Waals surface area contributed by atoms with Gasteiger partial charge in [0.25, 0.3) is 0 Å². The molecule has 0 aliphatic heterocycles. The zero-order valence-corrected chi connectivity index (χ0v) is 9.11. The van der Waals surface area contributed by atoms with Crippen LogP contribution in [0.1, 0.15) is 44.5 Å². The van der Waals surface area contributed by atoms with E-state index in [1.807, 2.05) is 0 Å². The Hall–Kier alpha value is -0.940. The van der Waals surface area contributed by atoms with Crippen LogP contribution in [-0.2, 0) is 0 Å². The van der Waals surface area contributed by atoms with Crippen molar-refractivity contribution in [3.8, 4) is 0 Å². The topological polar surface area (TPSA) is 79.6 Å². The average Bonchev–Trinajstić information content (AvgIpc) is 2.72. The number of aromatic nitrogens is 3. The number of nitrogens with zero attached hydrogens (tertiary/aromatic N) is 2. The van der Waals surface area contributed by atoms with Crippen LogP contribution < -0.4 is 11.3 Å². The second kappa shape index (κ2) is 4.72. The fourth-order valence-corrected chi connectivity index (χ4v) is 2.59. The predicted molar refractivity (Wildman–Crippen MR) is 57.6 cm³/mol. The lowest BCUT2D eigenvalue weighted by Crippen LogP contribution is -2.36. The van der Waals surface area contributed by atoms with Gasteiger partial charge in [0.15, 0.2) is 0 Å². The molecule has 0 amide bonds. The van der Waals surface area contributed by atoms with E-state index in [0.29, 0.717) is 5.92 Å². The highest BCUT2D eigenvalue weighted by atomic mass is 15.3. The van der Waals surface area contributed by atoms with Gasteiger partial charge >= 0.3 is 0 Å². The summed E-state index contributed by atoms with van der Waals surface area (Å²) in [6, 6.07) is 0.121. The molecule has 1 aliphatic carbocycles. The minimum atomic E-state index is 0.121. The monoisotopic (exact) mass is 209 g/mol. The van der Waals surface area contributed by atoms with Crippen LogP contribution in [0, 0.1) is 11.8 Å². The predicted octanol–water partition coefficient (Wildman–Crippen LogP) is 1.14. The van der Waals surface area contributed by atoms with Gasteiger partial charge in [-0.25, -0.2) is 10.4 Å². The average molecular weight is 209 g/mol. The second-order valence-corrected chi connectivity index (χ2v) is 4.55. The van der Waals surface area contributed by atoms with Crippen LogP contribution in [0.25, 0.3) is 0 Å². The van der Waals surface area contributed by atoms with Crippen LogP contribution >= 0.6 is 0 Å². The lowest BCUT2D eigenvalue weighted by Gasteiger charge is -2.31. The first-order chi connectivity index (χ1) is 7.31. The Kier molecular flexibility index (Phi) is 3.33. The zero-order chi connectivity index (χ0) is 10.7. The van der Waals surface area contributed by atoms with Crippen molar-refractivity contribution in [1.82, 2.24) is 20.6 Å². The van der Waals surface area contributed by atoms with E-state index in [1.165, 1.54) is 32.0 Å². The van der Waals surface area contributed by atoms with Crippen molar-refractivity contribution < 1.29 is 0 Å². The quantitative estimate of drug-likeness (QED) is 0.515. The number of aromatic amines is 1. The third-order valence-corrected chi connectivity index (χ3v) is 3.36. The lowest BCUT2D eigenvalue weighted by atomic mass is 9.78. The molecule has 2 rings (SSSR count). The smallest absolute Gasteiger partial charge is 0.143 e. The summed E-state index contributed by atoms with van der Waals surface area (Å²) in [5.41, 5.74) is 2.86. The highest BCUT2D eigenvalue weighted by Crippen LogP contribution is 2.35. The van der Waals surface area contributed by atoms with Crippen molar-refractivity contribution in [1.29, 1.82) is 0 Å². The molecule has 5 nitrogen and oxygen atoms in total. The minimum Gasteiger partial charge on any atom is -0.271 e. The van der Waals surface area contributed by atoms with Gasteiger partial charge in [0.1, 0.15) is 12.2 Å². The Bertz CT molecular complexity index is 284. The summed E-state index contributed by atoms with van der Waals surface area (Å²) in [5, 5.41) is 6.77. The van der Waals surface area contributed by atoms with E-state index in [2.05, 4.69) is 27.5 Å². The molecule has 4 N–H and O–H groups in total. The standard InChI is InChI=1S/C10H19N5/c1-7-3-2-4-8(5-7)9(14-11)10-12-6-13-15-10/h6-9,14H,2-5,11H2,1H3,(H,12,13,15). The number of hydrogen-bond donors (Lipinski definition) is 3. The third-order valence-electron chi connectivity index (χ3n) is 3.36. The molecule has 1 aromatic heterocycles. The zero-order valence-electron chi connectivity index (χ0n) is 9.11. The Morgan fingerprint density at radius 1 is 1.60 bits per heavy atom. The lowest BCUT2D eigenvalue weighted by molar-refractivity contribution is 0.219. The molecule has 1 fully saturated rings. The molecule has 1 aromatic rings. The van der Waals surface area contributed by atoms with Gasteiger partial charge in [-0.05, 0) is 24.7 Å². The molecule has 0 aromatic carbocycles. The molecule has 0 spiro atoms. The largest absolute Gasteiger partial charge is 0.271 e. The first kappa shape index (κ1) is 10.6. The summed E-state index contributed by atoms with van der Waals surface area (Å²) in [5.74, 6) is 7.83. The first-order valence-corrected chi connectivity index (χ1v) is 5.62.